The minimum Gasteiger partial charge on any atom is -0.493 e. The lowest BCUT2D eigenvalue weighted by Crippen LogP contribution is -2.37. The number of thiophene rings is 1. The minimum atomic E-state index is 0.314. The molecule has 2 N–H and O–H groups in total. The highest BCUT2D eigenvalue weighted by Gasteiger charge is 2.18. The summed E-state index contributed by atoms with van der Waals surface area (Å²) >= 11 is 1.78. The molecule has 6 heteroatoms. The van der Waals surface area contributed by atoms with Crippen LogP contribution in [-0.2, 0) is 13.0 Å². The fraction of sp³-hybridized carbons (Fsp3) is 0.476. The lowest BCUT2D eigenvalue weighted by Gasteiger charge is -2.17. The van der Waals surface area contributed by atoms with Crippen LogP contribution in [-0.4, -0.2) is 32.8 Å². The summed E-state index contributed by atoms with van der Waals surface area (Å²) in [7, 11) is 3.48. The summed E-state index contributed by atoms with van der Waals surface area (Å²) in [6.07, 6.45) is 6.08. The molecule has 27 heavy (non-hydrogen) atoms. The maximum absolute atomic E-state index is 6.18. The number of nitrogens with one attached hydrogen (secondary N) is 2. The van der Waals surface area contributed by atoms with Crippen LogP contribution in [0.25, 0.3) is 0 Å². The van der Waals surface area contributed by atoms with Gasteiger partial charge in [0.1, 0.15) is 0 Å². The average molecular weight is 388 g/mol. The molecule has 1 heterocycles. The standard InChI is InChI=1S/C21H29N3O2S/c1-22-21(23-12-11-18-8-5-13-27-18)24-15-16-9-10-19(25-2)20(14-16)26-17-6-3-4-7-17/h5,8-10,13-14,17H,3-4,6-7,11-12,15H2,1-2H3,(H2,22,23,24). The van der Waals surface area contributed by atoms with Gasteiger partial charge in [0.15, 0.2) is 17.5 Å². The Morgan fingerprint density at radius 2 is 2.04 bits per heavy atom. The zero-order chi connectivity index (χ0) is 18.9. The van der Waals surface area contributed by atoms with Crippen molar-refractivity contribution in [1.29, 1.82) is 0 Å². The molecule has 5 nitrogen and oxygen atoms in total. The highest BCUT2D eigenvalue weighted by molar-refractivity contribution is 7.09. The molecular weight excluding hydrogens is 358 g/mol. The van der Waals surface area contributed by atoms with E-state index in [4.69, 9.17) is 9.47 Å². The summed E-state index contributed by atoms with van der Waals surface area (Å²) in [6, 6.07) is 10.4. The zero-order valence-corrected chi connectivity index (χ0v) is 17.0. The van der Waals surface area contributed by atoms with Gasteiger partial charge in [-0.25, -0.2) is 0 Å². The molecule has 146 valence electrons. The first-order valence-corrected chi connectivity index (χ1v) is 10.5. The highest BCUT2D eigenvalue weighted by atomic mass is 32.1. The summed E-state index contributed by atoms with van der Waals surface area (Å²) in [4.78, 5) is 5.68. The number of hydrogen-bond donors (Lipinski definition) is 2. The topological polar surface area (TPSA) is 54.9 Å². The van der Waals surface area contributed by atoms with E-state index < -0.39 is 0 Å². The molecule has 0 spiro atoms. The van der Waals surface area contributed by atoms with E-state index in [0.717, 1.165) is 48.8 Å². The SMILES string of the molecule is CN=C(NCCc1cccs1)NCc1ccc(OC)c(OC2CCCC2)c1. The molecule has 0 radical (unpaired) electrons. The molecule has 1 aliphatic carbocycles. The van der Waals surface area contributed by atoms with E-state index in [-0.39, 0.29) is 0 Å². The Balaban J connectivity index is 1.52. The Kier molecular flexibility index (Phi) is 7.39. The van der Waals surface area contributed by atoms with Crippen LogP contribution in [0.1, 0.15) is 36.1 Å². The van der Waals surface area contributed by atoms with E-state index in [0.29, 0.717) is 12.6 Å². The van der Waals surface area contributed by atoms with Gasteiger partial charge in [-0.15, -0.1) is 11.3 Å². The van der Waals surface area contributed by atoms with Crippen LogP contribution in [0.3, 0.4) is 0 Å². The number of aliphatic imine (C=N–C) groups is 1. The third-order valence-electron chi connectivity index (χ3n) is 4.75. The Morgan fingerprint density at radius 3 is 2.74 bits per heavy atom. The number of rotatable bonds is 8. The van der Waals surface area contributed by atoms with Gasteiger partial charge in [0.2, 0.25) is 0 Å². The molecule has 1 aromatic carbocycles. The van der Waals surface area contributed by atoms with Crippen molar-refractivity contribution in [2.24, 2.45) is 4.99 Å². The Labute approximate surface area is 165 Å². The van der Waals surface area contributed by atoms with Crippen molar-refractivity contribution in [3.8, 4) is 11.5 Å². The quantitative estimate of drug-likeness (QED) is 0.531. The first-order valence-electron chi connectivity index (χ1n) is 9.59. The molecule has 1 fully saturated rings. The van der Waals surface area contributed by atoms with Crippen LogP contribution in [0.15, 0.2) is 40.7 Å². The second-order valence-corrected chi connectivity index (χ2v) is 7.72. The zero-order valence-electron chi connectivity index (χ0n) is 16.2. The Morgan fingerprint density at radius 1 is 1.19 bits per heavy atom. The summed E-state index contributed by atoms with van der Waals surface area (Å²) in [5.74, 6) is 2.44. The van der Waals surface area contributed by atoms with Crippen molar-refractivity contribution < 1.29 is 9.47 Å². The maximum Gasteiger partial charge on any atom is 0.191 e. The number of guanidine groups is 1. The summed E-state index contributed by atoms with van der Waals surface area (Å²) < 4.78 is 11.6. The van der Waals surface area contributed by atoms with Gasteiger partial charge in [-0.2, -0.15) is 0 Å². The summed E-state index contributed by atoms with van der Waals surface area (Å²) in [5, 5.41) is 8.84. The van der Waals surface area contributed by atoms with Crippen LogP contribution in [0.5, 0.6) is 11.5 Å². The van der Waals surface area contributed by atoms with Crippen LogP contribution >= 0.6 is 11.3 Å². The number of benzene rings is 1. The fourth-order valence-corrected chi connectivity index (χ4v) is 3.98. The van der Waals surface area contributed by atoms with E-state index >= 15 is 0 Å². The number of methoxy groups -OCH3 is 1. The van der Waals surface area contributed by atoms with Gasteiger partial charge >= 0.3 is 0 Å². The van der Waals surface area contributed by atoms with E-state index in [2.05, 4.69) is 45.3 Å². The molecule has 0 saturated heterocycles. The van der Waals surface area contributed by atoms with Gasteiger partial charge in [-0.05, 0) is 61.2 Å². The molecule has 0 bridgehead atoms. The lowest BCUT2D eigenvalue weighted by atomic mass is 10.2. The van der Waals surface area contributed by atoms with Crippen LogP contribution in [0.4, 0.5) is 0 Å². The second-order valence-electron chi connectivity index (χ2n) is 6.69. The molecular formula is C21H29N3O2S. The maximum atomic E-state index is 6.18. The van der Waals surface area contributed by atoms with Crippen molar-refractivity contribution in [2.75, 3.05) is 20.7 Å². The smallest absolute Gasteiger partial charge is 0.191 e. The van der Waals surface area contributed by atoms with Crippen molar-refractivity contribution in [3.05, 3.63) is 46.2 Å². The first-order chi connectivity index (χ1) is 13.3. The van der Waals surface area contributed by atoms with Crippen LogP contribution in [0.2, 0.25) is 0 Å². The van der Waals surface area contributed by atoms with E-state index in [1.54, 1.807) is 25.5 Å². The van der Waals surface area contributed by atoms with Gasteiger partial charge in [-0.1, -0.05) is 12.1 Å². The summed E-state index contributed by atoms with van der Waals surface area (Å²) in [5.41, 5.74) is 1.14. The molecule has 1 aromatic heterocycles. The molecule has 2 aromatic rings. The molecule has 0 aliphatic heterocycles. The Bertz CT molecular complexity index is 725. The third kappa shape index (κ3) is 5.89. The molecule has 3 rings (SSSR count). The van der Waals surface area contributed by atoms with Gasteiger partial charge < -0.3 is 20.1 Å². The Hall–Kier alpha value is -2.21. The van der Waals surface area contributed by atoms with E-state index in [1.807, 2.05) is 6.07 Å². The largest absolute Gasteiger partial charge is 0.493 e. The molecule has 0 amide bonds. The monoisotopic (exact) mass is 387 g/mol. The van der Waals surface area contributed by atoms with Gasteiger partial charge in [0, 0.05) is 25.0 Å². The predicted molar refractivity (Wildman–Crippen MR) is 112 cm³/mol. The van der Waals surface area contributed by atoms with Gasteiger partial charge in [-0.3, -0.25) is 4.99 Å². The second kappa shape index (κ2) is 10.2. The van der Waals surface area contributed by atoms with Crippen LogP contribution < -0.4 is 20.1 Å². The molecule has 0 atom stereocenters. The van der Waals surface area contributed by atoms with E-state index in [1.165, 1.54) is 17.7 Å². The van der Waals surface area contributed by atoms with Gasteiger partial charge in [0.25, 0.3) is 0 Å². The van der Waals surface area contributed by atoms with Gasteiger partial charge in [0.05, 0.1) is 13.2 Å². The summed E-state index contributed by atoms with van der Waals surface area (Å²) in [6.45, 7) is 1.54. The molecule has 0 unspecified atom stereocenters. The molecule has 1 saturated carbocycles. The highest BCUT2D eigenvalue weighted by Crippen LogP contribution is 2.32. The molecule has 1 aliphatic rings. The van der Waals surface area contributed by atoms with Crippen molar-refractivity contribution in [2.45, 2.75) is 44.8 Å². The number of ether oxygens (including phenoxy) is 2. The van der Waals surface area contributed by atoms with Crippen molar-refractivity contribution in [1.82, 2.24) is 10.6 Å². The fourth-order valence-electron chi connectivity index (χ4n) is 3.27. The lowest BCUT2D eigenvalue weighted by molar-refractivity contribution is 0.200. The average Bonchev–Trinajstić information content (AvgIpc) is 3.39. The van der Waals surface area contributed by atoms with Crippen molar-refractivity contribution >= 4 is 17.3 Å². The number of nitrogens with zero attached hydrogens (tertiary/aromatic N) is 1. The predicted octanol–water partition coefficient (Wildman–Crippen LogP) is 3.99. The van der Waals surface area contributed by atoms with Crippen LogP contribution in [0, 0.1) is 0 Å². The number of hydrogen-bond acceptors (Lipinski definition) is 4. The van der Waals surface area contributed by atoms with E-state index in [9.17, 15) is 0 Å². The third-order valence-corrected chi connectivity index (χ3v) is 5.69. The first kappa shape index (κ1) is 19.5. The van der Waals surface area contributed by atoms with Crippen molar-refractivity contribution in [3.63, 3.8) is 0 Å². The minimum absolute atomic E-state index is 0.314. The normalized spacial score (nSPS) is 15.0.